The van der Waals surface area contributed by atoms with E-state index in [1.54, 1.807) is 10.8 Å². The Morgan fingerprint density at radius 3 is 2.24 bits per heavy atom. The highest BCUT2D eigenvalue weighted by atomic mass is 19.4. The van der Waals surface area contributed by atoms with Gasteiger partial charge in [-0.3, -0.25) is 10.1 Å². The molecule has 0 bridgehead atoms. The van der Waals surface area contributed by atoms with Crippen LogP contribution in [-0.4, -0.2) is 26.7 Å². The van der Waals surface area contributed by atoms with Crippen molar-refractivity contribution >= 4 is 11.8 Å². The molecule has 8 nitrogen and oxygen atoms in total. The second kappa shape index (κ2) is 9.54. The lowest BCUT2D eigenvalue weighted by atomic mass is 9.89. The molecule has 1 atom stereocenters. The second-order valence-electron chi connectivity index (χ2n) is 8.61. The molecule has 0 saturated heterocycles. The highest BCUT2D eigenvalue weighted by molar-refractivity contribution is 5.64. The van der Waals surface area contributed by atoms with Gasteiger partial charge in [0.2, 0.25) is 0 Å². The fourth-order valence-corrected chi connectivity index (χ4v) is 2.99. The topological polar surface area (TPSA) is 96.5 Å². The highest BCUT2D eigenvalue weighted by Crippen LogP contribution is 2.31. The number of alkyl halides is 3. The van der Waals surface area contributed by atoms with Gasteiger partial charge in [0.25, 0.3) is 5.69 Å². The first-order valence-corrected chi connectivity index (χ1v) is 10.2. The van der Waals surface area contributed by atoms with Gasteiger partial charge in [0.05, 0.1) is 29.1 Å². The van der Waals surface area contributed by atoms with Crippen molar-refractivity contribution in [3.8, 4) is 17.0 Å². The quantitative estimate of drug-likeness (QED) is 0.184. The Morgan fingerprint density at radius 2 is 1.71 bits per heavy atom. The van der Waals surface area contributed by atoms with Crippen LogP contribution in [-0.2, 0) is 17.5 Å². The van der Waals surface area contributed by atoms with Crippen LogP contribution in [0.25, 0.3) is 11.3 Å². The largest absolute Gasteiger partial charge is 0.514 e. The van der Waals surface area contributed by atoms with Gasteiger partial charge in [0, 0.05) is 29.3 Å². The standard InChI is InChI=1S/C23H22F3N3O5/c1-22(2,3)20(34-21(30)33-18-10-8-17(9-11-18)29(31)32)13-28-12-19(27-14-28)15-4-6-16(7-5-15)23(24,25)26/h4-12,14,20H,13H2,1-3H3/t20-/m1/s1. The molecule has 0 unspecified atom stereocenters. The zero-order chi connectivity index (χ0) is 25.1. The monoisotopic (exact) mass is 477 g/mol. The number of nitrogens with zero attached hydrogens (tertiary/aromatic N) is 3. The van der Waals surface area contributed by atoms with E-state index in [0.717, 1.165) is 12.1 Å². The van der Waals surface area contributed by atoms with Crippen LogP contribution in [0.1, 0.15) is 26.3 Å². The summed E-state index contributed by atoms with van der Waals surface area (Å²) < 4.78 is 50.6. The van der Waals surface area contributed by atoms with Gasteiger partial charge in [0.15, 0.2) is 0 Å². The van der Waals surface area contributed by atoms with Crippen molar-refractivity contribution < 1.29 is 32.4 Å². The average molecular weight is 477 g/mol. The molecule has 0 spiro atoms. The Morgan fingerprint density at radius 1 is 1.09 bits per heavy atom. The fraction of sp³-hybridized carbons (Fsp3) is 0.304. The minimum atomic E-state index is -4.42. The van der Waals surface area contributed by atoms with Crippen molar-refractivity contribution in [3.63, 3.8) is 0 Å². The number of nitro groups is 1. The van der Waals surface area contributed by atoms with Gasteiger partial charge in [0.1, 0.15) is 11.9 Å². The van der Waals surface area contributed by atoms with E-state index in [1.807, 2.05) is 20.8 Å². The second-order valence-corrected chi connectivity index (χ2v) is 8.61. The summed E-state index contributed by atoms with van der Waals surface area (Å²) in [6, 6.07) is 9.66. The molecule has 1 heterocycles. The van der Waals surface area contributed by atoms with Gasteiger partial charge in [-0.05, 0) is 24.3 Å². The van der Waals surface area contributed by atoms with E-state index in [0.29, 0.717) is 11.3 Å². The molecule has 180 valence electrons. The molecule has 0 aliphatic carbocycles. The molecule has 0 aliphatic rings. The summed E-state index contributed by atoms with van der Waals surface area (Å²) >= 11 is 0. The summed E-state index contributed by atoms with van der Waals surface area (Å²) in [6.07, 6.45) is -2.90. The number of hydrogen-bond donors (Lipinski definition) is 0. The van der Waals surface area contributed by atoms with Gasteiger partial charge in [-0.25, -0.2) is 9.78 Å². The van der Waals surface area contributed by atoms with Gasteiger partial charge in [-0.15, -0.1) is 0 Å². The summed E-state index contributed by atoms with van der Waals surface area (Å²) in [6.45, 7) is 5.81. The number of carbonyl (C=O) groups excluding carboxylic acids is 1. The van der Waals surface area contributed by atoms with Crippen molar-refractivity contribution in [2.24, 2.45) is 5.41 Å². The number of nitro benzene ring substituents is 1. The number of benzene rings is 2. The molecule has 0 aliphatic heterocycles. The van der Waals surface area contributed by atoms with E-state index in [1.165, 1.54) is 42.7 Å². The molecule has 0 fully saturated rings. The Bertz CT molecular complexity index is 1150. The SMILES string of the molecule is CC(C)(C)[C@@H](Cn1cnc(-c2ccc(C(F)(F)F)cc2)c1)OC(=O)Oc1ccc([N+](=O)[O-])cc1. The van der Waals surface area contributed by atoms with Crippen LogP contribution in [0.2, 0.25) is 0 Å². The van der Waals surface area contributed by atoms with Crippen molar-refractivity contribution in [1.82, 2.24) is 9.55 Å². The Labute approximate surface area is 193 Å². The van der Waals surface area contributed by atoms with Crippen molar-refractivity contribution in [1.29, 1.82) is 0 Å². The zero-order valence-corrected chi connectivity index (χ0v) is 18.6. The summed E-state index contributed by atoms with van der Waals surface area (Å²) in [5, 5.41) is 10.7. The number of aromatic nitrogens is 2. The first kappa shape index (κ1) is 24.7. The number of imidazole rings is 1. The van der Waals surface area contributed by atoms with Crippen molar-refractivity contribution in [2.75, 3.05) is 0 Å². The third kappa shape index (κ3) is 6.33. The minimum absolute atomic E-state index is 0.0930. The highest BCUT2D eigenvalue weighted by Gasteiger charge is 2.31. The number of rotatable bonds is 6. The summed E-state index contributed by atoms with van der Waals surface area (Å²) in [7, 11) is 0. The number of carbonyl (C=O) groups is 1. The fourth-order valence-electron chi connectivity index (χ4n) is 2.99. The van der Waals surface area contributed by atoms with Crippen molar-refractivity contribution in [3.05, 3.63) is 76.7 Å². The lowest BCUT2D eigenvalue weighted by molar-refractivity contribution is -0.384. The van der Waals surface area contributed by atoms with Crippen LogP contribution < -0.4 is 4.74 Å². The average Bonchev–Trinajstić information content (AvgIpc) is 3.21. The Kier molecular flexibility index (Phi) is 6.94. The maximum absolute atomic E-state index is 12.8. The van der Waals surface area contributed by atoms with Gasteiger partial charge in [-0.1, -0.05) is 32.9 Å². The van der Waals surface area contributed by atoms with E-state index in [4.69, 9.17) is 9.47 Å². The molecule has 2 aromatic carbocycles. The van der Waals surface area contributed by atoms with Crippen LogP contribution in [0.5, 0.6) is 5.75 Å². The third-order valence-electron chi connectivity index (χ3n) is 4.97. The molecule has 1 aromatic heterocycles. The molecule has 3 rings (SSSR count). The molecular formula is C23H22F3N3O5. The smallest absolute Gasteiger partial charge is 0.428 e. The third-order valence-corrected chi connectivity index (χ3v) is 4.97. The molecule has 0 saturated carbocycles. The van der Waals surface area contributed by atoms with Gasteiger partial charge >= 0.3 is 12.3 Å². The summed E-state index contributed by atoms with van der Waals surface area (Å²) in [4.78, 5) is 26.7. The molecular weight excluding hydrogens is 455 g/mol. The predicted octanol–water partition coefficient (Wildman–Crippen LogP) is 6.11. The lowest BCUT2D eigenvalue weighted by Gasteiger charge is -2.30. The minimum Gasteiger partial charge on any atom is -0.428 e. The Hall–Kier alpha value is -3.89. The summed E-state index contributed by atoms with van der Waals surface area (Å²) in [5.41, 5.74) is -0.402. The first-order chi connectivity index (χ1) is 15.8. The van der Waals surface area contributed by atoms with E-state index in [2.05, 4.69) is 4.98 Å². The molecule has 0 N–H and O–H groups in total. The molecule has 3 aromatic rings. The van der Waals surface area contributed by atoms with Crippen molar-refractivity contribution in [2.45, 2.75) is 39.6 Å². The van der Waals surface area contributed by atoms with E-state index >= 15 is 0 Å². The zero-order valence-electron chi connectivity index (χ0n) is 18.6. The molecule has 0 amide bonds. The van der Waals surface area contributed by atoms with Crippen LogP contribution in [0.4, 0.5) is 23.7 Å². The van der Waals surface area contributed by atoms with E-state index in [-0.39, 0.29) is 18.0 Å². The normalized spacial score (nSPS) is 12.8. The number of hydrogen-bond acceptors (Lipinski definition) is 6. The van der Waals surface area contributed by atoms with Gasteiger partial charge in [-0.2, -0.15) is 13.2 Å². The maximum Gasteiger partial charge on any atom is 0.514 e. The van der Waals surface area contributed by atoms with Crippen LogP contribution in [0.3, 0.4) is 0 Å². The lowest BCUT2D eigenvalue weighted by Crippen LogP contribution is -2.36. The molecule has 11 heteroatoms. The maximum atomic E-state index is 12.8. The van der Waals surface area contributed by atoms with Gasteiger partial charge < -0.3 is 14.0 Å². The number of halogens is 3. The number of ether oxygens (including phenoxy) is 2. The number of non-ortho nitro benzene ring substituents is 1. The molecule has 0 radical (unpaired) electrons. The van der Waals surface area contributed by atoms with Crippen LogP contribution in [0.15, 0.2) is 61.1 Å². The predicted molar refractivity (Wildman–Crippen MR) is 116 cm³/mol. The summed E-state index contributed by atoms with van der Waals surface area (Å²) in [5.74, 6) is 0.0930. The van der Waals surface area contributed by atoms with E-state index < -0.39 is 34.3 Å². The Balaban J connectivity index is 1.68. The van der Waals surface area contributed by atoms with Crippen LogP contribution in [0, 0.1) is 15.5 Å². The molecule has 34 heavy (non-hydrogen) atoms. The first-order valence-electron chi connectivity index (χ1n) is 10.2. The van der Waals surface area contributed by atoms with E-state index in [9.17, 15) is 28.1 Å². The van der Waals surface area contributed by atoms with Crippen LogP contribution >= 0.6 is 0 Å².